The smallest absolute Gasteiger partial charge is 0.164 e. The van der Waals surface area contributed by atoms with E-state index in [9.17, 15) is 0 Å². The average molecular weight is 341 g/mol. The van der Waals surface area contributed by atoms with Crippen LogP contribution in [-0.2, 0) is 6.42 Å². The molecule has 4 nitrogen and oxygen atoms in total. The van der Waals surface area contributed by atoms with Crippen LogP contribution in [0.5, 0.6) is 17.2 Å². The predicted octanol–water partition coefficient (Wildman–Crippen LogP) is 3.87. The van der Waals surface area contributed by atoms with Gasteiger partial charge in [-0.3, -0.25) is 0 Å². The minimum atomic E-state index is 0.146. The third-order valence-electron chi connectivity index (χ3n) is 5.34. The standard InChI is InChI=1S/C21H27NO3/c1-12-11-18(24-5)13(2)14(3)19(12)20-15-7-8-17(23-4)21(25-6)16(15)9-10-22-20/h7-8,11,20,22H,9-10H2,1-6H3. The normalized spacial score (nSPS) is 16.3. The first-order chi connectivity index (χ1) is 12.0. The molecule has 0 spiro atoms. The Hall–Kier alpha value is -2.20. The maximum atomic E-state index is 5.67. The molecule has 0 saturated carbocycles. The summed E-state index contributed by atoms with van der Waals surface area (Å²) < 4.78 is 16.7. The molecule has 4 heteroatoms. The fourth-order valence-corrected chi connectivity index (χ4v) is 3.96. The quantitative estimate of drug-likeness (QED) is 0.916. The molecule has 2 aromatic carbocycles. The molecule has 1 N–H and O–H groups in total. The van der Waals surface area contributed by atoms with E-state index in [1.807, 2.05) is 6.07 Å². The Morgan fingerprint density at radius 2 is 1.64 bits per heavy atom. The van der Waals surface area contributed by atoms with Crippen molar-refractivity contribution in [2.45, 2.75) is 33.2 Å². The third-order valence-corrected chi connectivity index (χ3v) is 5.34. The summed E-state index contributed by atoms with van der Waals surface area (Å²) in [5, 5.41) is 3.69. The summed E-state index contributed by atoms with van der Waals surface area (Å²) in [5.41, 5.74) is 7.53. The molecule has 0 fully saturated rings. The molecule has 0 aliphatic carbocycles. The van der Waals surface area contributed by atoms with Gasteiger partial charge in [0.25, 0.3) is 0 Å². The van der Waals surface area contributed by atoms with E-state index in [1.54, 1.807) is 21.3 Å². The molecule has 1 aliphatic heterocycles. The van der Waals surface area contributed by atoms with Crippen LogP contribution in [0.25, 0.3) is 0 Å². The van der Waals surface area contributed by atoms with E-state index in [0.717, 1.165) is 30.2 Å². The van der Waals surface area contributed by atoms with Gasteiger partial charge in [0, 0.05) is 12.1 Å². The van der Waals surface area contributed by atoms with E-state index in [2.05, 4.69) is 38.2 Å². The molecular formula is C21H27NO3. The molecule has 1 heterocycles. The van der Waals surface area contributed by atoms with Gasteiger partial charge in [0.15, 0.2) is 11.5 Å². The summed E-state index contributed by atoms with van der Waals surface area (Å²) in [7, 11) is 5.12. The van der Waals surface area contributed by atoms with E-state index in [0.29, 0.717) is 0 Å². The van der Waals surface area contributed by atoms with Gasteiger partial charge in [0.1, 0.15) is 5.75 Å². The van der Waals surface area contributed by atoms with Crippen molar-refractivity contribution in [3.63, 3.8) is 0 Å². The van der Waals surface area contributed by atoms with Gasteiger partial charge in [-0.2, -0.15) is 0 Å². The second kappa shape index (κ2) is 6.96. The highest BCUT2D eigenvalue weighted by atomic mass is 16.5. The Morgan fingerprint density at radius 1 is 0.920 bits per heavy atom. The maximum Gasteiger partial charge on any atom is 0.164 e. The van der Waals surface area contributed by atoms with E-state index in [4.69, 9.17) is 14.2 Å². The molecule has 2 aromatic rings. The lowest BCUT2D eigenvalue weighted by Gasteiger charge is -2.32. The van der Waals surface area contributed by atoms with Crippen LogP contribution in [0, 0.1) is 20.8 Å². The Labute approximate surface area is 150 Å². The number of fused-ring (bicyclic) bond motifs is 1. The molecule has 0 radical (unpaired) electrons. The molecule has 134 valence electrons. The van der Waals surface area contributed by atoms with Crippen LogP contribution in [0.4, 0.5) is 0 Å². The number of methoxy groups -OCH3 is 3. The van der Waals surface area contributed by atoms with Crippen molar-refractivity contribution < 1.29 is 14.2 Å². The number of rotatable bonds is 4. The average Bonchev–Trinajstić information content (AvgIpc) is 2.63. The Kier molecular flexibility index (Phi) is 4.91. The lowest BCUT2D eigenvalue weighted by molar-refractivity contribution is 0.348. The van der Waals surface area contributed by atoms with E-state index >= 15 is 0 Å². The topological polar surface area (TPSA) is 39.7 Å². The van der Waals surface area contributed by atoms with Crippen molar-refractivity contribution in [1.82, 2.24) is 5.32 Å². The van der Waals surface area contributed by atoms with Crippen molar-refractivity contribution in [3.05, 3.63) is 51.6 Å². The maximum absolute atomic E-state index is 5.67. The molecular weight excluding hydrogens is 314 g/mol. The summed E-state index contributed by atoms with van der Waals surface area (Å²) in [6, 6.07) is 6.44. The molecule has 0 bridgehead atoms. The fraction of sp³-hybridized carbons (Fsp3) is 0.429. The monoisotopic (exact) mass is 341 g/mol. The first kappa shape index (κ1) is 17.6. The zero-order chi connectivity index (χ0) is 18.1. The molecule has 3 rings (SSSR count). The Balaban J connectivity index is 2.19. The fourth-order valence-electron chi connectivity index (χ4n) is 3.96. The van der Waals surface area contributed by atoms with Gasteiger partial charge in [-0.15, -0.1) is 0 Å². The van der Waals surface area contributed by atoms with Crippen molar-refractivity contribution in [2.75, 3.05) is 27.9 Å². The first-order valence-electron chi connectivity index (χ1n) is 8.65. The molecule has 1 aliphatic rings. The van der Waals surface area contributed by atoms with Gasteiger partial charge in [0.2, 0.25) is 0 Å². The van der Waals surface area contributed by atoms with E-state index in [-0.39, 0.29) is 6.04 Å². The number of ether oxygens (including phenoxy) is 3. The SMILES string of the molecule is COc1cc(C)c(C2NCCc3c2ccc(OC)c3OC)c(C)c1C. The van der Waals surface area contributed by atoms with Crippen molar-refractivity contribution >= 4 is 0 Å². The van der Waals surface area contributed by atoms with Gasteiger partial charge in [-0.05, 0) is 67.1 Å². The summed E-state index contributed by atoms with van der Waals surface area (Å²) in [4.78, 5) is 0. The minimum Gasteiger partial charge on any atom is -0.496 e. The van der Waals surface area contributed by atoms with Crippen molar-refractivity contribution in [2.24, 2.45) is 0 Å². The predicted molar refractivity (Wildman–Crippen MR) is 100 cm³/mol. The zero-order valence-electron chi connectivity index (χ0n) is 15.9. The largest absolute Gasteiger partial charge is 0.496 e. The molecule has 1 atom stereocenters. The summed E-state index contributed by atoms with van der Waals surface area (Å²) in [6.45, 7) is 7.36. The minimum absolute atomic E-state index is 0.146. The van der Waals surface area contributed by atoms with Gasteiger partial charge in [0.05, 0.1) is 27.4 Å². The third kappa shape index (κ3) is 2.85. The Morgan fingerprint density at radius 3 is 2.28 bits per heavy atom. The highest BCUT2D eigenvalue weighted by Gasteiger charge is 2.28. The molecule has 25 heavy (non-hydrogen) atoms. The zero-order valence-corrected chi connectivity index (χ0v) is 15.9. The van der Waals surface area contributed by atoms with Crippen LogP contribution in [0.2, 0.25) is 0 Å². The van der Waals surface area contributed by atoms with Gasteiger partial charge in [-0.1, -0.05) is 6.07 Å². The molecule has 0 amide bonds. The van der Waals surface area contributed by atoms with Gasteiger partial charge >= 0.3 is 0 Å². The van der Waals surface area contributed by atoms with Crippen LogP contribution in [0.3, 0.4) is 0 Å². The number of hydrogen-bond donors (Lipinski definition) is 1. The Bertz CT molecular complexity index is 798. The van der Waals surface area contributed by atoms with E-state index < -0.39 is 0 Å². The van der Waals surface area contributed by atoms with Gasteiger partial charge < -0.3 is 19.5 Å². The first-order valence-corrected chi connectivity index (χ1v) is 8.65. The van der Waals surface area contributed by atoms with Crippen LogP contribution < -0.4 is 19.5 Å². The molecule has 1 unspecified atom stereocenters. The summed E-state index contributed by atoms with van der Waals surface area (Å²) in [5.74, 6) is 2.59. The van der Waals surface area contributed by atoms with Crippen LogP contribution in [0.1, 0.15) is 39.4 Å². The number of benzene rings is 2. The van der Waals surface area contributed by atoms with Crippen LogP contribution in [-0.4, -0.2) is 27.9 Å². The second-order valence-corrected chi connectivity index (χ2v) is 6.57. The number of hydrogen-bond acceptors (Lipinski definition) is 4. The second-order valence-electron chi connectivity index (χ2n) is 6.57. The van der Waals surface area contributed by atoms with Crippen LogP contribution in [0.15, 0.2) is 18.2 Å². The van der Waals surface area contributed by atoms with Crippen molar-refractivity contribution in [3.8, 4) is 17.2 Å². The number of aryl methyl sites for hydroxylation is 1. The highest BCUT2D eigenvalue weighted by molar-refractivity contribution is 5.58. The summed E-state index contributed by atoms with van der Waals surface area (Å²) in [6.07, 6.45) is 0.930. The number of nitrogens with one attached hydrogen (secondary N) is 1. The molecule has 0 saturated heterocycles. The molecule has 0 aromatic heterocycles. The van der Waals surface area contributed by atoms with Crippen LogP contribution >= 0.6 is 0 Å². The van der Waals surface area contributed by atoms with E-state index in [1.165, 1.54) is 33.4 Å². The highest BCUT2D eigenvalue weighted by Crippen LogP contribution is 2.42. The summed E-state index contributed by atoms with van der Waals surface area (Å²) >= 11 is 0. The van der Waals surface area contributed by atoms with Gasteiger partial charge in [-0.25, -0.2) is 0 Å². The lowest BCUT2D eigenvalue weighted by atomic mass is 9.84. The lowest BCUT2D eigenvalue weighted by Crippen LogP contribution is -2.32. The van der Waals surface area contributed by atoms with Crippen molar-refractivity contribution in [1.29, 1.82) is 0 Å².